The highest BCUT2D eigenvalue weighted by Crippen LogP contribution is 2.37. The third-order valence-corrected chi connectivity index (χ3v) is 9.23. The number of thioether (sulfide) groups is 1. The minimum Gasteiger partial charge on any atom is -0.322 e. The molecular weight excluding hydrogens is 617 g/mol. The molecule has 43 heavy (non-hydrogen) atoms. The Hall–Kier alpha value is -4.14. The molecular formula is C34H23Cl2N3O2S2. The second-order valence-corrected chi connectivity index (χ2v) is 12.5. The van der Waals surface area contributed by atoms with E-state index in [2.05, 4.69) is 34.9 Å². The highest BCUT2D eigenvalue weighted by atomic mass is 35.5. The Morgan fingerprint density at radius 3 is 2.28 bits per heavy atom. The molecule has 0 aliphatic heterocycles. The van der Waals surface area contributed by atoms with Crippen LogP contribution in [0.2, 0.25) is 10.0 Å². The van der Waals surface area contributed by atoms with Crippen LogP contribution < -0.4 is 10.6 Å². The minimum atomic E-state index is -0.525. The van der Waals surface area contributed by atoms with Crippen molar-refractivity contribution in [3.8, 4) is 11.3 Å². The van der Waals surface area contributed by atoms with Crippen LogP contribution >= 0.6 is 46.3 Å². The first-order chi connectivity index (χ1) is 20.9. The van der Waals surface area contributed by atoms with Crippen LogP contribution in [0, 0.1) is 0 Å². The fourth-order valence-electron chi connectivity index (χ4n) is 4.51. The molecule has 5 aromatic carbocycles. The first kappa shape index (κ1) is 29.0. The van der Waals surface area contributed by atoms with Gasteiger partial charge in [0, 0.05) is 26.5 Å². The summed E-state index contributed by atoms with van der Waals surface area (Å²) in [5.74, 6) is -0.513. The summed E-state index contributed by atoms with van der Waals surface area (Å²) >= 11 is 14.9. The van der Waals surface area contributed by atoms with Crippen molar-refractivity contribution in [1.82, 2.24) is 4.98 Å². The van der Waals surface area contributed by atoms with Crippen molar-refractivity contribution in [2.24, 2.45) is 0 Å². The summed E-state index contributed by atoms with van der Waals surface area (Å²) in [6.45, 7) is 0. The number of hydrogen-bond donors (Lipinski definition) is 2. The smallest absolute Gasteiger partial charge is 0.257 e. The zero-order valence-electron chi connectivity index (χ0n) is 22.5. The average Bonchev–Trinajstić information content (AvgIpc) is 3.49. The van der Waals surface area contributed by atoms with E-state index in [1.54, 1.807) is 24.3 Å². The van der Waals surface area contributed by atoms with Crippen molar-refractivity contribution >= 4 is 79.7 Å². The van der Waals surface area contributed by atoms with Crippen LogP contribution in [0.5, 0.6) is 0 Å². The van der Waals surface area contributed by atoms with Gasteiger partial charge in [-0.25, -0.2) is 4.98 Å². The van der Waals surface area contributed by atoms with Crippen LogP contribution in [0.1, 0.15) is 21.2 Å². The van der Waals surface area contributed by atoms with Gasteiger partial charge >= 0.3 is 0 Å². The van der Waals surface area contributed by atoms with E-state index in [0.29, 0.717) is 21.4 Å². The quantitative estimate of drug-likeness (QED) is 0.163. The number of thiazole rings is 1. The molecule has 0 fully saturated rings. The third kappa shape index (κ3) is 6.92. The van der Waals surface area contributed by atoms with E-state index in [0.717, 1.165) is 27.1 Å². The van der Waals surface area contributed by atoms with Crippen molar-refractivity contribution in [3.05, 3.63) is 142 Å². The summed E-state index contributed by atoms with van der Waals surface area (Å²) in [4.78, 5) is 31.9. The van der Waals surface area contributed by atoms with Crippen molar-refractivity contribution < 1.29 is 9.59 Å². The standard InChI is InChI=1S/C34H23Cl2N3O2S2/c35-25-12-17-28(29(36)19-25)32(40)37-26-13-15-27(16-14-26)43-31(22-7-2-1-3-8-22)33(41)39-34-38-30(20-42-34)24-11-10-21-6-4-5-9-23(21)18-24/h1-20,31H,(H,37,40)(H,38,39,41). The van der Waals surface area contributed by atoms with Crippen molar-refractivity contribution in [1.29, 1.82) is 0 Å². The SMILES string of the molecule is O=C(Nc1ccc(SC(C(=O)Nc2nc(-c3ccc4ccccc4c3)cs2)c2ccccc2)cc1)c1ccc(Cl)cc1Cl. The Morgan fingerprint density at radius 2 is 1.51 bits per heavy atom. The molecule has 0 bridgehead atoms. The molecule has 0 saturated heterocycles. The van der Waals surface area contributed by atoms with Gasteiger partial charge in [0.25, 0.3) is 5.91 Å². The van der Waals surface area contributed by atoms with Gasteiger partial charge in [0.1, 0.15) is 5.25 Å². The van der Waals surface area contributed by atoms with Gasteiger partial charge in [0.05, 0.1) is 16.3 Å². The largest absolute Gasteiger partial charge is 0.322 e. The molecule has 2 N–H and O–H groups in total. The van der Waals surface area contributed by atoms with Gasteiger partial charge in [-0.1, -0.05) is 89.9 Å². The summed E-state index contributed by atoms with van der Waals surface area (Å²) in [6, 6.07) is 36.1. The molecule has 0 aliphatic rings. The molecule has 212 valence electrons. The van der Waals surface area contributed by atoms with E-state index >= 15 is 0 Å². The lowest BCUT2D eigenvalue weighted by Crippen LogP contribution is -2.19. The summed E-state index contributed by atoms with van der Waals surface area (Å²) in [6.07, 6.45) is 0. The van der Waals surface area contributed by atoms with E-state index < -0.39 is 5.25 Å². The first-order valence-corrected chi connectivity index (χ1v) is 15.8. The molecule has 0 spiro atoms. The molecule has 9 heteroatoms. The number of benzene rings is 5. The number of nitrogens with one attached hydrogen (secondary N) is 2. The van der Waals surface area contributed by atoms with E-state index in [1.165, 1.54) is 34.6 Å². The third-order valence-electron chi connectivity index (χ3n) is 6.66. The molecule has 1 unspecified atom stereocenters. The second kappa shape index (κ2) is 13.0. The number of nitrogens with zero attached hydrogens (tertiary/aromatic N) is 1. The number of anilines is 2. The normalized spacial score (nSPS) is 11.7. The maximum atomic E-state index is 13.6. The summed E-state index contributed by atoms with van der Waals surface area (Å²) in [7, 11) is 0. The lowest BCUT2D eigenvalue weighted by Gasteiger charge is -2.16. The van der Waals surface area contributed by atoms with Gasteiger partial charge in [-0.2, -0.15) is 0 Å². The van der Waals surface area contributed by atoms with E-state index in [-0.39, 0.29) is 16.8 Å². The van der Waals surface area contributed by atoms with Gasteiger partial charge in [-0.15, -0.1) is 23.1 Å². The molecule has 6 rings (SSSR count). The zero-order valence-corrected chi connectivity index (χ0v) is 25.6. The molecule has 1 aromatic heterocycles. The van der Waals surface area contributed by atoms with Gasteiger partial charge in [0.2, 0.25) is 5.91 Å². The highest BCUT2D eigenvalue weighted by Gasteiger charge is 2.23. The second-order valence-electron chi connectivity index (χ2n) is 9.60. The van der Waals surface area contributed by atoms with Crippen LogP contribution in [-0.2, 0) is 4.79 Å². The van der Waals surface area contributed by atoms with E-state index in [4.69, 9.17) is 28.2 Å². The van der Waals surface area contributed by atoms with Crippen LogP contribution in [0.4, 0.5) is 10.8 Å². The Bertz CT molecular complexity index is 1930. The number of amides is 2. The van der Waals surface area contributed by atoms with Crippen LogP contribution in [-0.4, -0.2) is 16.8 Å². The van der Waals surface area contributed by atoms with Crippen LogP contribution in [0.15, 0.2) is 126 Å². The highest BCUT2D eigenvalue weighted by molar-refractivity contribution is 8.00. The van der Waals surface area contributed by atoms with Crippen LogP contribution in [0.25, 0.3) is 22.0 Å². The maximum Gasteiger partial charge on any atom is 0.257 e. The van der Waals surface area contributed by atoms with Gasteiger partial charge in [-0.3, -0.25) is 9.59 Å². The zero-order chi connectivity index (χ0) is 29.8. The molecule has 0 saturated carbocycles. The van der Waals surface area contributed by atoms with Crippen molar-refractivity contribution in [2.45, 2.75) is 10.1 Å². The molecule has 0 radical (unpaired) electrons. The topological polar surface area (TPSA) is 71.1 Å². The average molecular weight is 641 g/mol. The maximum absolute atomic E-state index is 13.6. The Balaban J connectivity index is 1.17. The monoisotopic (exact) mass is 639 g/mol. The predicted octanol–water partition coefficient (Wildman–Crippen LogP) is 9.99. The number of hydrogen-bond acceptors (Lipinski definition) is 5. The van der Waals surface area contributed by atoms with Crippen molar-refractivity contribution in [3.63, 3.8) is 0 Å². The number of halogens is 2. The summed E-state index contributed by atoms with van der Waals surface area (Å²) in [5, 5.41) is 10.9. The number of carbonyl (C=O) groups excluding carboxylic acids is 2. The van der Waals surface area contributed by atoms with Crippen molar-refractivity contribution in [2.75, 3.05) is 10.6 Å². The Kier molecular flexibility index (Phi) is 8.77. The summed E-state index contributed by atoms with van der Waals surface area (Å²) in [5.41, 5.74) is 3.61. The minimum absolute atomic E-state index is 0.176. The number of carbonyl (C=O) groups is 2. The number of fused-ring (bicyclic) bond motifs is 1. The Morgan fingerprint density at radius 1 is 0.767 bits per heavy atom. The first-order valence-electron chi connectivity index (χ1n) is 13.3. The van der Waals surface area contributed by atoms with Crippen LogP contribution in [0.3, 0.4) is 0 Å². The van der Waals surface area contributed by atoms with Gasteiger partial charge in [0.15, 0.2) is 5.13 Å². The predicted molar refractivity (Wildman–Crippen MR) is 180 cm³/mol. The van der Waals surface area contributed by atoms with E-state index in [9.17, 15) is 9.59 Å². The fourth-order valence-corrected chi connectivity index (χ4v) is 6.75. The lowest BCUT2D eigenvalue weighted by molar-refractivity contribution is -0.115. The summed E-state index contributed by atoms with van der Waals surface area (Å²) < 4.78 is 0. The van der Waals surface area contributed by atoms with E-state index in [1.807, 2.05) is 66.0 Å². The number of rotatable bonds is 8. The molecule has 5 nitrogen and oxygen atoms in total. The van der Waals surface area contributed by atoms with Gasteiger partial charge in [-0.05, 0) is 64.9 Å². The molecule has 6 aromatic rings. The fraction of sp³-hybridized carbons (Fsp3) is 0.0294. The molecule has 1 atom stereocenters. The number of aromatic nitrogens is 1. The molecule has 1 heterocycles. The van der Waals surface area contributed by atoms with Gasteiger partial charge < -0.3 is 10.6 Å². The Labute approximate surface area is 266 Å². The molecule has 2 amide bonds. The lowest BCUT2D eigenvalue weighted by atomic mass is 10.1. The molecule has 0 aliphatic carbocycles.